The lowest BCUT2D eigenvalue weighted by atomic mass is 9.96. The second-order valence-electron chi connectivity index (χ2n) is 7.58. The zero-order valence-corrected chi connectivity index (χ0v) is 17.2. The summed E-state index contributed by atoms with van der Waals surface area (Å²) in [5.41, 5.74) is 0.757. The van der Waals surface area contributed by atoms with Gasteiger partial charge in [0.05, 0.1) is 25.0 Å². The summed E-state index contributed by atoms with van der Waals surface area (Å²) in [4.78, 5) is 16.7. The van der Waals surface area contributed by atoms with E-state index < -0.39 is 24.2 Å². The van der Waals surface area contributed by atoms with Gasteiger partial charge >= 0.3 is 6.18 Å². The predicted molar refractivity (Wildman–Crippen MR) is 111 cm³/mol. The maximum Gasteiger partial charge on any atom is 0.410 e. The molecule has 0 saturated carbocycles. The maximum absolute atomic E-state index is 13.8. The topological polar surface area (TPSA) is 81.1 Å². The van der Waals surface area contributed by atoms with Crippen molar-refractivity contribution < 1.29 is 22.7 Å². The first-order valence-corrected chi connectivity index (χ1v) is 10.1. The number of rotatable bonds is 6. The first-order chi connectivity index (χ1) is 15.3. The Bertz CT molecular complexity index is 1060. The average molecular weight is 445 g/mol. The summed E-state index contributed by atoms with van der Waals surface area (Å²) in [7, 11) is 0. The van der Waals surface area contributed by atoms with Crippen molar-refractivity contribution in [3.05, 3.63) is 72.2 Å². The Balaban J connectivity index is 1.51. The lowest BCUT2D eigenvalue weighted by molar-refractivity contribution is -0.173. The third kappa shape index (κ3) is 4.68. The van der Waals surface area contributed by atoms with Gasteiger partial charge in [0.15, 0.2) is 6.04 Å². The second-order valence-corrected chi connectivity index (χ2v) is 7.58. The zero-order valence-electron chi connectivity index (χ0n) is 17.2. The van der Waals surface area contributed by atoms with Crippen LogP contribution in [-0.4, -0.2) is 39.5 Å². The van der Waals surface area contributed by atoms with Crippen LogP contribution in [0.1, 0.15) is 41.3 Å². The minimum Gasteiger partial charge on any atom is -0.487 e. The molecule has 0 fully saturated rings. The zero-order chi connectivity index (χ0) is 22.7. The van der Waals surface area contributed by atoms with Gasteiger partial charge in [0.2, 0.25) is 0 Å². The van der Waals surface area contributed by atoms with E-state index >= 15 is 0 Å². The summed E-state index contributed by atoms with van der Waals surface area (Å²) in [5, 5.41) is 9.66. The highest BCUT2D eigenvalue weighted by atomic mass is 19.4. The molecular weight excluding hydrogens is 423 g/mol. The monoisotopic (exact) mass is 445 g/mol. The Kier molecular flexibility index (Phi) is 6.02. The molecule has 1 unspecified atom stereocenters. The molecule has 1 aliphatic heterocycles. The third-order valence-corrected chi connectivity index (χ3v) is 5.21. The van der Waals surface area contributed by atoms with Crippen molar-refractivity contribution in [1.29, 1.82) is 0 Å². The summed E-state index contributed by atoms with van der Waals surface area (Å²) >= 11 is 0. The molecule has 3 aromatic rings. The smallest absolute Gasteiger partial charge is 0.410 e. The van der Waals surface area contributed by atoms with Crippen LogP contribution in [0.15, 0.2) is 61.1 Å². The summed E-state index contributed by atoms with van der Waals surface area (Å²) in [6.07, 6.45) is -0.766. The van der Waals surface area contributed by atoms with Crippen molar-refractivity contribution in [3.8, 4) is 5.75 Å². The molecule has 3 heterocycles. The number of nitrogens with one attached hydrogen (secondary N) is 2. The van der Waals surface area contributed by atoms with Crippen LogP contribution in [0.2, 0.25) is 0 Å². The second kappa shape index (κ2) is 8.89. The van der Waals surface area contributed by atoms with Crippen LogP contribution >= 0.6 is 0 Å². The molecule has 3 atom stereocenters. The molecule has 10 heteroatoms. The van der Waals surface area contributed by atoms with Crippen LogP contribution in [0.3, 0.4) is 0 Å². The summed E-state index contributed by atoms with van der Waals surface area (Å²) in [6, 6.07) is 9.88. The van der Waals surface area contributed by atoms with Crippen LogP contribution in [-0.2, 0) is 0 Å². The van der Waals surface area contributed by atoms with Crippen molar-refractivity contribution >= 4 is 11.7 Å². The Labute approximate surface area is 182 Å². The van der Waals surface area contributed by atoms with E-state index in [1.165, 1.54) is 0 Å². The fourth-order valence-electron chi connectivity index (χ4n) is 3.66. The molecule has 168 valence electrons. The van der Waals surface area contributed by atoms with Gasteiger partial charge in [-0.05, 0) is 24.6 Å². The highest BCUT2D eigenvalue weighted by Gasteiger charge is 2.47. The number of pyridine rings is 1. The quantitative estimate of drug-likeness (QED) is 0.596. The predicted octanol–water partition coefficient (Wildman–Crippen LogP) is 4.14. The van der Waals surface area contributed by atoms with Gasteiger partial charge in [-0.3, -0.25) is 9.78 Å². The highest BCUT2D eigenvalue weighted by Crippen LogP contribution is 2.44. The number of anilines is 1. The fraction of sp³-hybridized carbons (Fsp3) is 0.318. The number of hydrogen-bond acceptors (Lipinski definition) is 5. The number of benzene rings is 1. The third-order valence-electron chi connectivity index (χ3n) is 5.21. The number of carbonyl (C=O) groups is 1. The number of hydrogen-bond donors (Lipinski definition) is 2. The molecule has 4 rings (SSSR count). The molecule has 0 radical (unpaired) electrons. The van der Waals surface area contributed by atoms with Crippen molar-refractivity contribution in [2.24, 2.45) is 0 Å². The van der Waals surface area contributed by atoms with E-state index in [-0.39, 0.29) is 30.5 Å². The van der Waals surface area contributed by atoms with Crippen molar-refractivity contribution in [1.82, 2.24) is 20.1 Å². The van der Waals surface area contributed by atoms with Crippen LogP contribution in [0, 0.1) is 0 Å². The van der Waals surface area contributed by atoms with Gasteiger partial charge in [0, 0.05) is 12.6 Å². The molecular formula is C22H22F3N5O2. The number of amides is 1. The molecule has 0 spiro atoms. The summed E-state index contributed by atoms with van der Waals surface area (Å²) in [5.74, 6) is 0.0679. The van der Waals surface area contributed by atoms with Crippen molar-refractivity contribution in [2.75, 3.05) is 11.9 Å². The molecule has 32 heavy (non-hydrogen) atoms. The van der Waals surface area contributed by atoms with E-state index in [1.54, 1.807) is 61.8 Å². The maximum atomic E-state index is 13.8. The van der Waals surface area contributed by atoms with Gasteiger partial charge in [-0.1, -0.05) is 30.3 Å². The van der Waals surface area contributed by atoms with Gasteiger partial charge in [0.1, 0.15) is 23.2 Å². The van der Waals surface area contributed by atoms with Crippen molar-refractivity contribution in [3.63, 3.8) is 0 Å². The van der Waals surface area contributed by atoms with Gasteiger partial charge < -0.3 is 15.4 Å². The summed E-state index contributed by atoms with van der Waals surface area (Å²) < 4.78 is 47.8. The first-order valence-electron chi connectivity index (χ1n) is 10.1. The normalized spacial score (nSPS) is 18.9. The lowest BCUT2D eigenvalue weighted by Crippen LogP contribution is -2.37. The Hall–Kier alpha value is -3.56. The molecule has 1 aliphatic rings. The summed E-state index contributed by atoms with van der Waals surface area (Å²) in [6.45, 7) is 1.92. The largest absolute Gasteiger partial charge is 0.487 e. The fourth-order valence-corrected chi connectivity index (χ4v) is 3.66. The van der Waals surface area contributed by atoms with Gasteiger partial charge in [-0.15, -0.1) is 0 Å². The number of aromatic nitrogens is 3. The molecule has 2 N–H and O–H groups in total. The minimum atomic E-state index is -4.50. The van der Waals surface area contributed by atoms with E-state index in [0.29, 0.717) is 11.3 Å². The van der Waals surface area contributed by atoms with E-state index in [0.717, 1.165) is 10.9 Å². The van der Waals surface area contributed by atoms with Crippen LogP contribution in [0.5, 0.6) is 5.75 Å². The first kappa shape index (κ1) is 21.7. The lowest BCUT2D eigenvalue weighted by Gasteiger charge is -2.34. The van der Waals surface area contributed by atoms with Gasteiger partial charge in [0.25, 0.3) is 5.91 Å². The van der Waals surface area contributed by atoms with E-state index in [2.05, 4.69) is 20.7 Å². The van der Waals surface area contributed by atoms with Gasteiger partial charge in [-0.25, -0.2) is 4.68 Å². The van der Waals surface area contributed by atoms with E-state index in [1.807, 2.05) is 0 Å². The van der Waals surface area contributed by atoms with Crippen LogP contribution in [0.25, 0.3) is 0 Å². The number of carbonyl (C=O) groups excluding carboxylic acids is 1. The number of nitrogens with zero attached hydrogens (tertiary/aromatic N) is 3. The van der Waals surface area contributed by atoms with E-state index in [9.17, 15) is 18.0 Å². The van der Waals surface area contributed by atoms with Crippen LogP contribution in [0.4, 0.5) is 19.0 Å². The highest BCUT2D eigenvalue weighted by molar-refractivity contribution is 5.98. The van der Waals surface area contributed by atoms with Crippen LogP contribution < -0.4 is 15.4 Å². The SMILES string of the molecule is CC(CNC(=O)c1cnn2c1N[C@@H](c1ccccc1)C[C@H]2C(F)(F)F)Oc1cccnc1. The number of ether oxygens (including phenoxy) is 1. The number of alkyl halides is 3. The average Bonchev–Trinajstić information content (AvgIpc) is 3.21. The molecule has 0 aliphatic carbocycles. The molecule has 1 aromatic carbocycles. The Morgan fingerprint density at radius 2 is 2.03 bits per heavy atom. The molecule has 7 nitrogen and oxygen atoms in total. The standard InChI is InChI=1S/C22H22F3N5O2/c1-14(32-16-8-5-9-26-12-16)11-27-21(31)17-13-28-30-19(22(23,24)25)10-18(29-20(17)30)15-6-3-2-4-7-15/h2-9,12-14,18-19,29H,10-11H2,1H3,(H,27,31)/t14?,18-,19+/m1/s1. The molecule has 0 bridgehead atoms. The van der Waals surface area contributed by atoms with Crippen molar-refractivity contribution in [2.45, 2.75) is 37.7 Å². The van der Waals surface area contributed by atoms with E-state index in [4.69, 9.17) is 4.74 Å². The molecule has 0 saturated heterocycles. The van der Waals surface area contributed by atoms with Gasteiger partial charge in [-0.2, -0.15) is 18.3 Å². The number of halogens is 3. The molecule has 2 aromatic heterocycles. The Morgan fingerprint density at radius 3 is 2.72 bits per heavy atom. The minimum absolute atomic E-state index is 0.0470. The molecule has 1 amide bonds. The Morgan fingerprint density at radius 1 is 1.25 bits per heavy atom. The number of fused-ring (bicyclic) bond motifs is 1.